The van der Waals surface area contributed by atoms with Crippen molar-refractivity contribution in [3.8, 4) is 0 Å². The summed E-state index contributed by atoms with van der Waals surface area (Å²) in [4.78, 5) is 126. The van der Waals surface area contributed by atoms with Gasteiger partial charge in [0.05, 0.1) is 0 Å². The van der Waals surface area contributed by atoms with E-state index < -0.39 is 46.8 Å². The van der Waals surface area contributed by atoms with Crippen LogP contribution < -0.4 is 26.6 Å². The first-order chi connectivity index (χ1) is 40.3. The van der Waals surface area contributed by atoms with Crippen LogP contribution in [0.3, 0.4) is 0 Å². The maximum atomic E-state index is 11.9. The third kappa shape index (κ3) is 66.2. The molecule has 0 spiro atoms. The van der Waals surface area contributed by atoms with Crippen molar-refractivity contribution >= 4 is 77.2 Å². The Balaban J connectivity index is -0.000000231. The molecule has 0 aromatic rings. The predicted octanol–water partition coefficient (Wildman–Crippen LogP) is 7.70. The third-order valence-corrected chi connectivity index (χ3v) is 11.1. The van der Waals surface area contributed by atoms with Crippen LogP contribution in [-0.4, -0.2) is 230 Å². The minimum absolute atomic E-state index is 0. The van der Waals surface area contributed by atoms with E-state index in [1.165, 1.54) is 49.6 Å². The number of hydrogen-bond donors (Lipinski definition) is 5. The average molecular weight is 1530 g/mol. The van der Waals surface area contributed by atoms with E-state index in [0.717, 1.165) is 84.3 Å². The number of carbonyl (C=O) groups is 10. The van der Waals surface area contributed by atoms with Crippen molar-refractivity contribution in [1.82, 2.24) is 51.1 Å². The van der Waals surface area contributed by atoms with Crippen LogP contribution >= 0.6 is 11.6 Å². The fourth-order valence-electron chi connectivity index (χ4n) is 7.23. The van der Waals surface area contributed by atoms with Gasteiger partial charge in [0.25, 0.3) is 0 Å². The summed E-state index contributed by atoms with van der Waals surface area (Å²) in [5, 5.41) is 21.6. The quantitative estimate of drug-likeness (QED) is 0.0387. The number of urea groups is 2. The molecule has 0 saturated carbocycles. The van der Waals surface area contributed by atoms with Crippen LogP contribution in [-0.2, 0) is 146 Å². The number of halogens is 1. The fraction of sp³-hybridized carbons (Fsp3) is 0.807. The Morgan fingerprint density at radius 3 is 1.02 bits per heavy atom. The van der Waals surface area contributed by atoms with Crippen LogP contribution in [0.1, 0.15) is 161 Å². The Labute approximate surface area is 615 Å². The normalized spacial score (nSPS) is 16.5. The molecule has 0 aromatic carbocycles. The largest absolute Gasteiger partial charge is 0.724 e. The van der Waals surface area contributed by atoms with Crippen molar-refractivity contribution in [2.45, 2.75) is 184 Å². The molecule has 5 saturated heterocycles. The Hall–Kier alpha value is -3.24. The van der Waals surface area contributed by atoms with Gasteiger partial charge in [0, 0.05) is 197 Å². The molecular weight excluding hydrogens is 1420 g/mol. The number of nitrogens with zero attached hydrogens (tertiary/aromatic N) is 6. The van der Waals surface area contributed by atoms with Crippen LogP contribution in [0.4, 0.5) is 28.8 Å². The molecule has 5 fully saturated rings. The SMILES string of the molecule is C1CCNCCNC1.CC(=O)Cl.CC(=O)N1CCCCN(C([NH-])=O)CC1.CC(C)(C)OC(=O)N1CCCCN(C([NH-])=O)CC1.CC(C)(C)OC(=O)N1CCCCNCC1.CC(C)(C)OC(=O)OC(=O)OC(C)(C)C.O=C1CCC(=O)NCCN1.[N-]=C=O.[Y].[Y].[Y]. The maximum Gasteiger partial charge on any atom is 0.519 e. The molecule has 5 rings (SSSR count). The van der Waals surface area contributed by atoms with Crippen LogP contribution in [0.25, 0.3) is 16.9 Å². The van der Waals surface area contributed by atoms with E-state index in [2.05, 4.69) is 42.9 Å². The van der Waals surface area contributed by atoms with Gasteiger partial charge in [-0.1, -0.05) is 12.8 Å². The summed E-state index contributed by atoms with van der Waals surface area (Å²) in [7, 11) is 0. The number of amides is 9. The second-order valence-corrected chi connectivity index (χ2v) is 24.4. The summed E-state index contributed by atoms with van der Waals surface area (Å²) in [5.41, 5.74) is 11.8. The molecule has 513 valence electrons. The summed E-state index contributed by atoms with van der Waals surface area (Å²) in [6, 6.07) is -1.32. The molecule has 5 aliphatic rings. The number of ether oxygens (including phenoxy) is 5. The van der Waals surface area contributed by atoms with Crippen LogP contribution in [0, 0.1) is 0 Å². The van der Waals surface area contributed by atoms with Crippen molar-refractivity contribution in [2.24, 2.45) is 0 Å². The number of carbonyl (C=O) groups excluding carboxylic acids is 11. The fourth-order valence-corrected chi connectivity index (χ4v) is 7.23. The van der Waals surface area contributed by atoms with E-state index in [4.69, 9.17) is 40.6 Å². The number of rotatable bonds is 0. The van der Waals surface area contributed by atoms with E-state index in [9.17, 15) is 47.9 Å². The van der Waals surface area contributed by atoms with E-state index in [-0.39, 0.29) is 133 Å². The number of isocyanates is 1. The second-order valence-electron chi connectivity index (χ2n) is 23.9. The molecule has 0 unspecified atom stereocenters. The van der Waals surface area contributed by atoms with E-state index in [1.54, 1.807) is 56.2 Å². The zero-order valence-corrected chi connectivity index (χ0v) is 65.4. The van der Waals surface area contributed by atoms with Gasteiger partial charge >= 0.3 is 24.5 Å². The van der Waals surface area contributed by atoms with Crippen molar-refractivity contribution < 1.29 is 175 Å². The van der Waals surface area contributed by atoms with E-state index in [1.807, 2.05) is 41.5 Å². The van der Waals surface area contributed by atoms with Gasteiger partial charge in [-0.25, -0.2) is 19.2 Å². The summed E-state index contributed by atoms with van der Waals surface area (Å²) in [6.45, 7) is 37.8. The predicted molar refractivity (Wildman–Crippen MR) is 330 cm³/mol. The second kappa shape index (κ2) is 56.1. The van der Waals surface area contributed by atoms with Gasteiger partial charge in [-0.15, -0.1) is 0 Å². The topological polar surface area (TPSA) is 380 Å². The number of hydrogen-bond acceptors (Lipinski definition) is 19. The van der Waals surface area contributed by atoms with Gasteiger partial charge in [-0.05, 0) is 185 Å². The monoisotopic (exact) mass is 1530 g/mol. The molecule has 9 amide bonds. The van der Waals surface area contributed by atoms with Gasteiger partial charge in [-0.3, -0.25) is 33.6 Å². The molecule has 0 bridgehead atoms. The van der Waals surface area contributed by atoms with Gasteiger partial charge in [0.2, 0.25) is 23.0 Å². The van der Waals surface area contributed by atoms with Crippen LogP contribution in [0.5, 0.6) is 0 Å². The van der Waals surface area contributed by atoms with Gasteiger partial charge < -0.3 is 91.6 Å². The summed E-state index contributed by atoms with van der Waals surface area (Å²) >= 11 is 4.64. The Kier molecular flexibility index (Phi) is 61.0. The van der Waals surface area contributed by atoms with Crippen molar-refractivity contribution in [3.05, 3.63) is 16.9 Å². The first kappa shape index (κ1) is 97.8. The Morgan fingerprint density at radius 2 is 0.700 bits per heavy atom. The molecule has 0 aliphatic carbocycles. The smallest absolute Gasteiger partial charge is 0.519 e. The van der Waals surface area contributed by atoms with Crippen molar-refractivity contribution in [3.63, 3.8) is 0 Å². The van der Waals surface area contributed by atoms with E-state index in [0.29, 0.717) is 77.8 Å². The molecule has 3 radical (unpaired) electrons. The Morgan fingerprint density at radius 1 is 0.433 bits per heavy atom. The van der Waals surface area contributed by atoms with Gasteiger partial charge in [-0.2, -0.15) is 0 Å². The minimum Gasteiger partial charge on any atom is -0.724 e. The molecular formula is C57H105ClN13O16Y3-3. The minimum atomic E-state index is -1.06. The molecule has 0 atom stereocenters. The van der Waals surface area contributed by atoms with Gasteiger partial charge in [0.15, 0.2) is 12.1 Å². The van der Waals surface area contributed by atoms with Crippen LogP contribution in [0.15, 0.2) is 0 Å². The first-order valence-corrected chi connectivity index (χ1v) is 29.9. The summed E-state index contributed by atoms with van der Waals surface area (Å²) in [6.07, 6.45) is 6.70. The average Bonchev–Trinajstić information content (AvgIpc) is 2.50. The number of nitrogens with one attached hydrogen (secondary N) is 7. The first-order valence-electron chi connectivity index (χ1n) is 29.5. The Bertz CT molecular complexity index is 1990. The summed E-state index contributed by atoms with van der Waals surface area (Å²) < 4.78 is 24.4. The molecule has 0 aromatic heterocycles. The molecule has 5 aliphatic heterocycles. The van der Waals surface area contributed by atoms with Crippen LogP contribution in [0.2, 0.25) is 0 Å². The third-order valence-electron chi connectivity index (χ3n) is 11.1. The van der Waals surface area contributed by atoms with Crippen molar-refractivity contribution in [1.29, 1.82) is 0 Å². The molecule has 5 heterocycles. The van der Waals surface area contributed by atoms with E-state index >= 15 is 0 Å². The standard InChI is InChI=1S/C12H23N3O3.C11H22N2O2.C10H18O5.C9H17N3O2.C6H10N2O2.C6H14N2.C2H3ClO.CNO.3Y/c1-12(2,3)18-11(17)15-7-5-4-6-14(8-9-15)10(13)16;1-11(2,3)15-10(14)13-8-5-4-6-12-7-9-13;1-9(2,3)14-7(11)13-8(12)15-10(4,5)6;1-8(13)11-4-2-3-5-12(7-6-11)9(10)14;9-5-1-2-6(10)8-4-3-7-5;1-2-4-8-6-5-7-3-1;1-2(3)4;2-1-3;;;/h4-9H2,1-3H3,(H2,13,16);12H,4-9H2,1-3H3;1-6H3;2-7H2,1H3,(H2,10,14);1-4H2,(H,7,9)(H,8,10);7-8H,1-6H2;1H3;;;;/q;;;;;;;-1;;;/p-2. The molecule has 29 nitrogen and oxygen atoms in total. The maximum absolute atomic E-state index is 11.9. The summed E-state index contributed by atoms with van der Waals surface area (Å²) in [5.74, 6) is -0.0195. The molecule has 7 N–H and O–H groups in total. The zero-order valence-electron chi connectivity index (χ0n) is 56.1. The zero-order chi connectivity index (χ0) is 67.2. The molecule has 90 heavy (non-hydrogen) atoms. The van der Waals surface area contributed by atoms with Gasteiger partial charge in [0.1, 0.15) is 22.4 Å². The van der Waals surface area contributed by atoms with Crippen molar-refractivity contribution in [2.75, 3.05) is 118 Å². The molecule has 33 heteroatoms.